The summed E-state index contributed by atoms with van der Waals surface area (Å²) in [6.45, 7) is 2.16. The Labute approximate surface area is 147 Å². The van der Waals surface area contributed by atoms with Crippen LogP contribution < -0.4 is 4.90 Å². The molecule has 1 aliphatic heterocycles. The number of carbonyl (C=O) groups is 1. The van der Waals surface area contributed by atoms with Gasteiger partial charge in [0.1, 0.15) is 0 Å². The molecule has 0 N–H and O–H groups in total. The Balaban J connectivity index is 1.62. The van der Waals surface area contributed by atoms with Gasteiger partial charge < -0.3 is 9.80 Å². The van der Waals surface area contributed by atoms with E-state index in [9.17, 15) is 4.79 Å². The molecule has 0 spiro atoms. The highest BCUT2D eigenvalue weighted by molar-refractivity contribution is 6.30. The first-order valence-corrected chi connectivity index (χ1v) is 8.52. The minimum absolute atomic E-state index is 0.0140. The maximum atomic E-state index is 12.8. The van der Waals surface area contributed by atoms with Gasteiger partial charge in [0.05, 0.1) is 5.92 Å². The third-order valence-corrected chi connectivity index (χ3v) is 4.57. The first-order valence-electron chi connectivity index (χ1n) is 8.15. The molecule has 126 valence electrons. The van der Waals surface area contributed by atoms with E-state index < -0.39 is 0 Å². The van der Waals surface area contributed by atoms with E-state index >= 15 is 0 Å². The fourth-order valence-electron chi connectivity index (χ4n) is 3.07. The lowest BCUT2D eigenvalue weighted by atomic mass is 9.96. The molecule has 1 atom stereocenters. The second-order valence-electron chi connectivity index (χ2n) is 6.15. The van der Waals surface area contributed by atoms with E-state index in [2.05, 4.69) is 14.9 Å². The number of amides is 1. The van der Waals surface area contributed by atoms with E-state index in [0.29, 0.717) is 24.1 Å². The molecule has 1 unspecified atom stereocenters. The lowest BCUT2D eigenvalue weighted by Crippen LogP contribution is -2.44. The number of hydrogen-bond acceptors (Lipinski definition) is 4. The smallest absolute Gasteiger partial charge is 0.227 e. The van der Waals surface area contributed by atoms with Crippen molar-refractivity contribution in [1.82, 2.24) is 14.9 Å². The largest absolute Gasteiger partial charge is 0.341 e. The predicted molar refractivity (Wildman–Crippen MR) is 94.9 cm³/mol. The van der Waals surface area contributed by atoms with E-state index in [4.69, 9.17) is 11.6 Å². The van der Waals surface area contributed by atoms with Crippen LogP contribution in [0.3, 0.4) is 0 Å². The van der Waals surface area contributed by atoms with Gasteiger partial charge in [0.15, 0.2) is 0 Å². The maximum absolute atomic E-state index is 12.8. The van der Waals surface area contributed by atoms with Crippen molar-refractivity contribution in [1.29, 1.82) is 0 Å². The number of rotatable bonds is 4. The molecule has 5 nitrogen and oxygen atoms in total. The zero-order chi connectivity index (χ0) is 16.9. The van der Waals surface area contributed by atoms with E-state index in [1.807, 2.05) is 31.3 Å². The van der Waals surface area contributed by atoms with Gasteiger partial charge in [0.2, 0.25) is 11.9 Å². The Morgan fingerprint density at radius 3 is 2.71 bits per heavy atom. The molecule has 1 saturated heterocycles. The number of aromatic nitrogens is 2. The van der Waals surface area contributed by atoms with Crippen LogP contribution in [0.4, 0.5) is 5.95 Å². The lowest BCUT2D eigenvalue weighted by molar-refractivity contribution is -0.135. The molecule has 0 saturated carbocycles. The predicted octanol–water partition coefficient (Wildman–Crippen LogP) is 3.01. The summed E-state index contributed by atoms with van der Waals surface area (Å²) < 4.78 is 0. The van der Waals surface area contributed by atoms with E-state index in [1.165, 1.54) is 0 Å². The average molecular weight is 345 g/mol. The SMILES string of the molecule is CN(Cc1ccc(Cl)cc1)C(=O)C1CCCN(c2ncccn2)C1. The van der Waals surface area contributed by atoms with Crippen LogP contribution in [-0.2, 0) is 11.3 Å². The zero-order valence-electron chi connectivity index (χ0n) is 13.7. The van der Waals surface area contributed by atoms with Gasteiger partial charge in [0.25, 0.3) is 0 Å². The van der Waals surface area contributed by atoms with Gasteiger partial charge in [-0.05, 0) is 36.6 Å². The van der Waals surface area contributed by atoms with Gasteiger partial charge in [-0.2, -0.15) is 0 Å². The van der Waals surface area contributed by atoms with Crippen LogP contribution >= 0.6 is 11.6 Å². The van der Waals surface area contributed by atoms with Gasteiger partial charge in [-0.15, -0.1) is 0 Å². The van der Waals surface area contributed by atoms with Crippen LogP contribution in [0.25, 0.3) is 0 Å². The fraction of sp³-hybridized carbons (Fsp3) is 0.389. The molecule has 0 bridgehead atoms. The summed E-state index contributed by atoms with van der Waals surface area (Å²) in [7, 11) is 1.86. The molecule has 2 heterocycles. The number of benzene rings is 1. The van der Waals surface area contributed by atoms with Gasteiger partial charge in [-0.1, -0.05) is 23.7 Å². The van der Waals surface area contributed by atoms with Crippen molar-refractivity contribution in [3.8, 4) is 0 Å². The molecule has 3 rings (SSSR count). The summed E-state index contributed by atoms with van der Waals surface area (Å²) in [5.41, 5.74) is 1.08. The molecule has 24 heavy (non-hydrogen) atoms. The van der Waals surface area contributed by atoms with E-state index in [-0.39, 0.29) is 11.8 Å². The Bertz CT molecular complexity index is 677. The van der Waals surface area contributed by atoms with Crippen molar-refractivity contribution in [3.63, 3.8) is 0 Å². The highest BCUT2D eigenvalue weighted by Crippen LogP contribution is 2.22. The molecule has 2 aromatic rings. The summed E-state index contributed by atoms with van der Waals surface area (Å²) in [6.07, 6.45) is 5.36. The van der Waals surface area contributed by atoms with Crippen molar-refractivity contribution in [3.05, 3.63) is 53.3 Å². The minimum Gasteiger partial charge on any atom is -0.341 e. The van der Waals surface area contributed by atoms with Crippen LogP contribution in [0, 0.1) is 5.92 Å². The third kappa shape index (κ3) is 4.03. The highest BCUT2D eigenvalue weighted by Gasteiger charge is 2.29. The third-order valence-electron chi connectivity index (χ3n) is 4.31. The molecule has 6 heteroatoms. The second-order valence-corrected chi connectivity index (χ2v) is 6.59. The van der Waals surface area contributed by atoms with Crippen molar-refractivity contribution >= 4 is 23.5 Å². The van der Waals surface area contributed by atoms with Gasteiger partial charge in [0, 0.05) is 44.1 Å². The van der Waals surface area contributed by atoms with E-state index in [0.717, 1.165) is 24.9 Å². The standard InChI is InChI=1S/C18H21ClN4O/c1-22(12-14-5-7-16(19)8-6-14)17(24)15-4-2-11-23(13-15)18-20-9-3-10-21-18/h3,5-10,15H,2,4,11-13H2,1H3. The first kappa shape index (κ1) is 16.7. The Kier molecular flexibility index (Phi) is 5.30. The Morgan fingerprint density at radius 1 is 1.29 bits per heavy atom. The number of halogens is 1. The molecule has 1 aromatic heterocycles. The van der Waals surface area contributed by atoms with Crippen LogP contribution in [0.5, 0.6) is 0 Å². The molecule has 1 fully saturated rings. The molecule has 1 aromatic carbocycles. The molecule has 1 amide bonds. The first-order chi connectivity index (χ1) is 11.6. The topological polar surface area (TPSA) is 49.3 Å². The molecular formula is C18H21ClN4O. The van der Waals surface area contributed by atoms with Crippen molar-refractivity contribution in [2.75, 3.05) is 25.0 Å². The average Bonchev–Trinajstić information content (AvgIpc) is 2.64. The second kappa shape index (κ2) is 7.62. The maximum Gasteiger partial charge on any atom is 0.227 e. The van der Waals surface area contributed by atoms with Gasteiger partial charge in [-0.3, -0.25) is 4.79 Å². The van der Waals surface area contributed by atoms with Crippen molar-refractivity contribution in [2.24, 2.45) is 5.92 Å². The fourth-order valence-corrected chi connectivity index (χ4v) is 3.19. The van der Waals surface area contributed by atoms with Gasteiger partial charge in [-0.25, -0.2) is 9.97 Å². The Morgan fingerprint density at radius 2 is 2.00 bits per heavy atom. The monoisotopic (exact) mass is 344 g/mol. The summed E-state index contributed by atoms with van der Waals surface area (Å²) in [5, 5.41) is 0.707. The normalized spacial score (nSPS) is 17.6. The lowest BCUT2D eigenvalue weighted by Gasteiger charge is -2.34. The number of nitrogens with zero attached hydrogens (tertiary/aromatic N) is 4. The summed E-state index contributed by atoms with van der Waals surface area (Å²) in [5.74, 6) is 0.862. The summed E-state index contributed by atoms with van der Waals surface area (Å²) in [6, 6.07) is 9.42. The summed E-state index contributed by atoms with van der Waals surface area (Å²) in [4.78, 5) is 25.3. The molecule has 0 aliphatic carbocycles. The number of carbonyl (C=O) groups excluding carboxylic acids is 1. The Hall–Kier alpha value is -2.14. The van der Waals surface area contributed by atoms with Crippen LogP contribution in [0.1, 0.15) is 18.4 Å². The van der Waals surface area contributed by atoms with Crippen molar-refractivity contribution < 1.29 is 4.79 Å². The van der Waals surface area contributed by atoms with Gasteiger partial charge >= 0.3 is 0 Å². The molecule has 0 radical (unpaired) electrons. The quantitative estimate of drug-likeness (QED) is 0.855. The van der Waals surface area contributed by atoms with Crippen molar-refractivity contribution in [2.45, 2.75) is 19.4 Å². The minimum atomic E-state index is -0.0140. The van der Waals surface area contributed by atoms with Crippen LogP contribution in [0.15, 0.2) is 42.7 Å². The molecular weight excluding hydrogens is 324 g/mol. The number of piperidine rings is 1. The number of hydrogen-bond donors (Lipinski definition) is 0. The zero-order valence-corrected chi connectivity index (χ0v) is 14.5. The van der Waals surface area contributed by atoms with Crippen LogP contribution in [-0.4, -0.2) is 40.9 Å². The highest BCUT2D eigenvalue weighted by atomic mass is 35.5. The van der Waals surface area contributed by atoms with E-state index in [1.54, 1.807) is 23.4 Å². The van der Waals surface area contributed by atoms with Crippen LogP contribution in [0.2, 0.25) is 5.02 Å². The number of anilines is 1. The molecule has 1 aliphatic rings. The summed E-state index contributed by atoms with van der Waals surface area (Å²) >= 11 is 5.91.